The van der Waals surface area contributed by atoms with Gasteiger partial charge in [-0.25, -0.2) is 8.42 Å². The summed E-state index contributed by atoms with van der Waals surface area (Å²) in [5.41, 5.74) is 2.44. The van der Waals surface area contributed by atoms with Crippen LogP contribution in [0.4, 0.5) is 5.69 Å². The molecule has 0 aromatic heterocycles. The van der Waals surface area contributed by atoms with Crippen LogP contribution in [0.2, 0.25) is 0 Å². The van der Waals surface area contributed by atoms with E-state index in [-0.39, 0.29) is 10.6 Å². The molecular formula is C14H15NO3S. The summed E-state index contributed by atoms with van der Waals surface area (Å²) < 4.78 is 26.9. The zero-order chi connectivity index (χ0) is 14.0. The Bertz CT molecular complexity index is 708. The standard InChI is InChI=1S/C14H15NO3S/c1-10-5-3-8-14(11(10)2)15-19(17,18)13-7-4-6-12(16)9-13/h3-9,15-16H,1-2H3. The molecular weight excluding hydrogens is 262 g/mol. The fourth-order valence-electron chi connectivity index (χ4n) is 1.72. The van der Waals surface area contributed by atoms with Crippen LogP contribution < -0.4 is 4.72 Å². The molecule has 0 unspecified atom stereocenters. The van der Waals surface area contributed by atoms with Crippen molar-refractivity contribution in [3.05, 3.63) is 53.6 Å². The largest absolute Gasteiger partial charge is 0.508 e. The molecule has 0 aliphatic carbocycles. The summed E-state index contributed by atoms with van der Waals surface area (Å²) in [6.45, 7) is 3.77. The molecule has 0 fully saturated rings. The topological polar surface area (TPSA) is 66.4 Å². The van der Waals surface area contributed by atoms with Crippen molar-refractivity contribution in [1.82, 2.24) is 0 Å². The number of aromatic hydroxyl groups is 1. The van der Waals surface area contributed by atoms with Crippen LogP contribution in [0.1, 0.15) is 11.1 Å². The molecule has 0 aliphatic rings. The van der Waals surface area contributed by atoms with Crippen molar-refractivity contribution in [2.45, 2.75) is 18.7 Å². The number of nitrogens with one attached hydrogen (secondary N) is 1. The first-order valence-electron chi connectivity index (χ1n) is 5.78. The smallest absolute Gasteiger partial charge is 0.262 e. The van der Waals surface area contributed by atoms with Crippen LogP contribution in [0.25, 0.3) is 0 Å². The lowest BCUT2D eigenvalue weighted by Crippen LogP contribution is -2.13. The molecule has 0 radical (unpaired) electrons. The number of sulfonamides is 1. The Morgan fingerprint density at radius 3 is 2.42 bits per heavy atom. The average Bonchev–Trinajstić information content (AvgIpc) is 2.35. The van der Waals surface area contributed by atoms with Gasteiger partial charge in [0.2, 0.25) is 0 Å². The van der Waals surface area contributed by atoms with Gasteiger partial charge in [-0.1, -0.05) is 18.2 Å². The molecule has 0 atom stereocenters. The van der Waals surface area contributed by atoms with Gasteiger partial charge in [0.25, 0.3) is 10.0 Å². The molecule has 0 saturated heterocycles. The Kier molecular flexibility index (Phi) is 3.48. The minimum absolute atomic E-state index is 0.0356. The van der Waals surface area contributed by atoms with E-state index in [9.17, 15) is 13.5 Å². The number of aryl methyl sites for hydroxylation is 1. The molecule has 2 aromatic carbocycles. The SMILES string of the molecule is Cc1cccc(NS(=O)(=O)c2cccc(O)c2)c1C. The number of phenolic OH excluding ortho intramolecular Hbond substituents is 1. The first kappa shape index (κ1) is 13.4. The van der Waals surface area contributed by atoms with Gasteiger partial charge in [0.15, 0.2) is 0 Å². The van der Waals surface area contributed by atoms with Crippen LogP contribution in [0.3, 0.4) is 0 Å². The van der Waals surface area contributed by atoms with E-state index in [1.807, 2.05) is 19.9 Å². The van der Waals surface area contributed by atoms with Gasteiger partial charge in [-0.15, -0.1) is 0 Å². The van der Waals surface area contributed by atoms with Gasteiger partial charge in [0.05, 0.1) is 10.6 Å². The van der Waals surface area contributed by atoms with Gasteiger partial charge in [0, 0.05) is 6.07 Å². The molecule has 2 rings (SSSR count). The highest BCUT2D eigenvalue weighted by Crippen LogP contribution is 2.23. The Hall–Kier alpha value is -2.01. The zero-order valence-corrected chi connectivity index (χ0v) is 11.5. The van der Waals surface area contributed by atoms with Crippen molar-refractivity contribution in [2.75, 3.05) is 4.72 Å². The lowest BCUT2D eigenvalue weighted by molar-refractivity contribution is 0.473. The molecule has 0 spiro atoms. The molecule has 2 aromatic rings. The van der Waals surface area contributed by atoms with Crippen LogP contribution in [-0.4, -0.2) is 13.5 Å². The molecule has 4 nitrogen and oxygen atoms in total. The van der Waals surface area contributed by atoms with Crippen molar-refractivity contribution in [2.24, 2.45) is 0 Å². The highest BCUT2D eigenvalue weighted by atomic mass is 32.2. The van der Waals surface area contributed by atoms with Crippen LogP contribution >= 0.6 is 0 Å². The average molecular weight is 277 g/mol. The maximum absolute atomic E-state index is 12.2. The predicted molar refractivity (Wildman–Crippen MR) is 74.8 cm³/mol. The number of anilines is 1. The predicted octanol–water partition coefficient (Wildman–Crippen LogP) is 2.81. The Morgan fingerprint density at radius 2 is 1.74 bits per heavy atom. The summed E-state index contributed by atoms with van der Waals surface area (Å²) in [6.07, 6.45) is 0. The summed E-state index contributed by atoms with van der Waals surface area (Å²) in [5.74, 6) is -0.0798. The van der Waals surface area contributed by atoms with E-state index in [0.29, 0.717) is 5.69 Å². The van der Waals surface area contributed by atoms with Crippen molar-refractivity contribution in [3.63, 3.8) is 0 Å². The van der Waals surface area contributed by atoms with Gasteiger partial charge in [-0.3, -0.25) is 4.72 Å². The summed E-state index contributed by atoms with van der Waals surface area (Å²) in [7, 11) is -3.69. The second-order valence-corrected chi connectivity index (χ2v) is 6.03. The van der Waals surface area contributed by atoms with Gasteiger partial charge in [-0.2, -0.15) is 0 Å². The minimum Gasteiger partial charge on any atom is -0.508 e. The first-order valence-corrected chi connectivity index (χ1v) is 7.26. The van der Waals surface area contributed by atoms with Crippen LogP contribution in [-0.2, 0) is 10.0 Å². The highest BCUT2D eigenvalue weighted by molar-refractivity contribution is 7.92. The van der Waals surface area contributed by atoms with E-state index in [0.717, 1.165) is 11.1 Å². The summed E-state index contributed by atoms with van der Waals surface area (Å²) in [6, 6.07) is 11.0. The second kappa shape index (κ2) is 4.93. The maximum atomic E-state index is 12.2. The number of hydrogen-bond donors (Lipinski definition) is 2. The summed E-state index contributed by atoms with van der Waals surface area (Å²) >= 11 is 0. The molecule has 0 amide bonds. The minimum atomic E-state index is -3.69. The normalized spacial score (nSPS) is 11.3. The summed E-state index contributed by atoms with van der Waals surface area (Å²) in [4.78, 5) is 0.0356. The van der Waals surface area contributed by atoms with E-state index < -0.39 is 10.0 Å². The second-order valence-electron chi connectivity index (χ2n) is 4.35. The Morgan fingerprint density at radius 1 is 1.05 bits per heavy atom. The van der Waals surface area contributed by atoms with Gasteiger partial charge in [-0.05, 0) is 43.2 Å². The molecule has 2 N–H and O–H groups in total. The van der Waals surface area contributed by atoms with Crippen LogP contribution in [0.5, 0.6) is 5.75 Å². The molecule has 0 bridgehead atoms. The third-order valence-electron chi connectivity index (χ3n) is 2.98. The fourth-order valence-corrected chi connectivity index (χ4v) is 2.88. The summed E-state index contributed by atoms with van der Waals surface area (Å²) in [5, 5.41) is 9.35. The van der Waals surface area contributed by atoms with Crippen molar-refractivity contribution in [3.8, 4) is 5.75 Å². The maximum Gasteiger partial charge on any atom is 0.262 e. The van der Waals surface area contributed by atoms with Gasteiger partial charge in [0.1, 0.15) is 5.75 Å². The Labute approximate surface area is 112 Å². The van der Waals surface area contributed by atoms with Crippen LogP contribution in [0.15, 0.2) is 47.4 Å². The van der Waals surface area contributed by atoms with E-state index in [1.54, 1.807) is 12.1 Å². The van der Waals surface area contributed by atoms with Gasteiger partial charge >= 0.3 is 0 Å². The quantitative estimate of drug-likeness (QED) is 0.906. The van der Waals surface area contributed by atoms with E-state index >= 15 is 0 Å². The highest BCUT2D eigenvalue weighted by Gasteiger charge is 2.15. The molecule has 5 heteroatoms. The fraction of sp³-hybridized carbons (Fsp3) is 0.143. The van der Waals surface area contributed by atoms with E-state index in [4.69, 9.17) is 0 Å². The first-order chi connectivity index (χ1) is 8.90. The lowest BCUT2D eigenvalue weighted by Gasteiger charge is -2.12. The molecule has 0 saturated carbocycles. The molecule has 0 aliphatic heterocycles. The molecule has 100 valence electrons. The van der Waals surface area contributed by atoms with Crippen LogP contribution in [0, 0.1) is 13.8 Å². The number of hydrogen-bond acceptors (Lipinski definition) is 3. The Balaban J connectivity index is 2.39. The van der Waals surface area contributed by atoms with E-state index in [2.05, 4.69) is 4.72 Å². The lowest BCUT2D eigenvalue weighted by atomic mass is 10.1. The number of phenols is 1. The number of benzene rings is 2. The number of rotatable bonds is 3. The molecule has 19 heavy (non-hydrogen) atoms. The van der Waals surface area contributed by atoms with Crippen molar-refractivity contribution in [1.29, 1.82) is 0 Å². The van der Waals surface area contributed by atoms with Crippen molar-refractivity contribution < 1.29 is 13.5 Å². The third kappa shape index (κ3) is 2.88. The third-order valence-corrected chi connectivity index (χ3v) is 4.34. The monoisotopic (exact) mass is 277 g/mol. The van der Waals surface area contributed by atoms with Gasteiger partial charge < -0.3 is 5.11 Å². The molecule has 0 heterocycles. The van der Waals surface area contributed by atoms with E-state index in [1.165, 1.54) is 24.3 Å². The van der Waals surface area contributed by atoms with Crippen molar-refractivity contribution >= 4 is 15.7 Å². The zero-order valence-electron chi connectivity index (χ0n) is 10.7.